The Labute approximate surface area is 244 Å². The largest absolute Gasteiger partial charge is 0.368 e. The van der Waals surface area contributed by atoms with Crippen LogP contribution >= 0.6 is 11.3 Å². The Balaban J connectivity index is 0.00000106. The molecule has 2 heterocycles. The molecular weight excluding hydrogens is 511 g/mol. The average molecular weight is 555 g/mol. The number of fused-ring (bicyclic) bond motifs is 3. The summed E-state index contributed by atoms with van der Waals surface area (Å²) in [4.78, 5) is 8.38. The molecule has 0 unspecified atom stereocenters. The van der Waals surface area contributed by atoms with E-state index in [0.29, 0.717) is 6.42 Å². The second-order valence-corrected chi connectivity index (χ2v) is 10.3. The molecule has 0 saturated carbocycles. The number of halogens is 1. The van der Waals surface area contributed by atoms with Gasteiger partial charge < -0.3 is 4.90 Å². The lowest BCUT2D eigenvalue weighted by atomic mass is 9.98. The lowest BCUT2D eigenvalue weighted by molar-refractivity contribution is 0.618. The summed E-state index contributed by atoms with van der Waals surface area (Å²) in [5.41, 5.74) is 7.14. The van der Waals surface area contributed by atoms with Crippen molar-refractivity contribution in [1.29, 1.82) is 0 Å². The maximum atomic E-state index is 15.1. The topological polar surface area (TPSA) is 15.4 Å². The third-order valence-electron chi connectivity index (χ3n) is 6.81. The van der Waals surface area contributed by atoms with E-state index < -0.39 is 0 Å². The third kappa shape index (κ3) is 7.37. The molecule has 0 N–H and O–H groups in total. The van der Waals surface area contributed by atoms with E-state index in [1.165, 1.54) is 15.8 Å². The van der Waals surface area contributed by atoms with E-state index in [2.05, 4.69) is 48.8 Å². The summed E-state index contributed by atoms with van der Waals surface area (Å²) in [7, 11) is 0. The van der Waals surface area contributed by atoms with Crippen molar-refractivity contribution in [2.24, 2.45) is 4.99 Å². The van der Waals surface area contributed by atoms with Crippen LogP contribution in [0.25, 0.3) is 21.7 Å². The second-order valence-electron chi connectivity index (χ2n) is 9.22. The Kier molecular flexibility index (Phi) is 11.9. The molecule has 0 radical (unpaired) electrons. The van der Waals surface area contributed by atoms with Crippen LogP contribution in [0, 0.1) is 5.82 Å². The first-order valence-electron chi connectivity index (χ1n) is 14.5. The molecule has 2 nitrogen and oxygen atoms in total. The summed E-state index contributed by atoms with van der Waals surface area (Å²) in [5.74, 6) is -0.147. The summed E-state index contributed by atoms with van der Waals surface area (Å²) in [6.45, 7) is 18.4. The fraction of sp³-hybridized carbons (Fsp3) is 0.306. The summed E-state index contributed by atoms with van der Waals surface area (Å²) < 4.78 is 16.2. The quantitative estimate of drug-likeness (QED) is 0.154. The van der Waals surface area contributed by atoms with E-state index >= 15 is 4.39 Å². The van der Waals surface area contributed by atoms with Gasteiger partial charge in [-0.15, -0.1) is 11.3 Å². The number of hydrogen-bond acceptors (Lipinski definition) is 3. The molecule has 4 heteroatoms. The first-order valence-corrected chi connectivity index (χ1v) is 15.3. The minimum Gasteiger partial charge on any atom is -0.368 e. The van der Waals surface area contributed by atoms with Crippen LogP contribution in [0.3, 0.4) is 0 Å². The van der Waals surface area contributed by atoms with E-state index in [1.807, 2.05) is 77.3 Å². The molecule has 5 rings (SSSR count). The maximum absolute atomic E-state index is 15.1. The van der Waals surface area contributed by atoms with Crippen LogP contribution in [0.15, 0.2) is 95.3 Å². The Morgan fingerprint density at radius 2 is 1.80 bits per heavy atom. The molecule has 40 heavy (non-hydrogen) atoms. The highest BCUT2D eigenvalue weighted by atomic mass is 32.1. The van der Waals surface area contributed by atoms with Gasteiger partial charge in [-0.3, -0.25) is 4.99 Å². The van der Waals surface area contributed by atoms with Crippen molar-refractivity contribution in [1.82, 2.24) is 4.90 Å². The lowest BCUT2D eigenvalue weighted by Gasteiger charge is -2.10. The van der Waals surface area contributed by atoms with Gasteiger partial charge in [-0.05, 0) is 79.0 Å². The monoisotopic (exact) mass is 554 g/mol. The first-order chi connectivity index (χ1) is 19.6. The smallest absolute Gasteiger partial charge is 0.128 e. The normalized spacial score (nSPS) is 14.9. The Bertz CT molecular complexity index is 1450. The summed E-state index contributed by atoms with van der Waals surface area (Å²) >= 11 is 1.71. The lowest BCUT2D eigenvalue weighted by Crippen LogP contribution is -1.99. The highest BCUT2D eigenvalue weighted by Crippen LogP contribution is 2.38. The van der Waals surface area contributed by atoms with Gasteiger partial charge in [-0.1, -0.05) is 88.9 Å². The van der Waals surface area contributed by atoms with Crippen molar-refractivity contribution in [2.45, 2.75) is 60.8 Å². The van der Waals surface area contributed by atoms with Crippen molar-refractivity contribution in [3.05, 3.63) is 118 Å². The number of benzene rings is 2. The maximum Gasteiger partial charge on any atom is 0.128 e. The molecule has 3 aromatic rings. The predicted molar refractivity (Wildman–Crippen MR) is 177 cm³/mol. The van der Waals surface area contributed by atoms with Crippen LogP contribution in [-0.4, -0.2) is 24.2 Å². The van der Waals surface area contributed by atoms with Gasteiger partial charge in [0.15, 0.2) is 0 Å². The van der Waals surface area contributed by atoms with Crippen molar-refractivity contribution < 1.29 is 4.39 Å². The van der Waals surface area contributed by atoms with Gasteiger partial charge in [0, 0.05) is 40.1 Å². The molecule has 210 valence electrons. The highest BCUT2D eigenvalue weighted by Gasteiger charge is 2.21. The average Bonchev–Trinajstić information content (AvgIpc) is 3.79. The molecule has 1 aliphatic heterocycles. The van der Waals surface area contributed by atoms with Crippen molar-refractivity contribution in [3.63, 3.8) is 0 Å². The van der Waals surface area contributed by atoms with Crippen LogP contribution in [-0.2, 0) is 12.8 Å². The van der Waals surface area contributed by atoms with Crippen molar-refractivity contribution in [3.8, 4) is 0 Å². The standard InChI is InChI=1S/C32H31FN2S.2C2H6/c1-4-10-30(22(2)23(3)35-19-20-35)34-21-25(24-11-6-5-7-12-24)15-16-28-29(33)18-17-27-26-13-8-9-14-31(26)36-32(27)28;2*1-2/h4-7,9-12,14-15,17-18,21H,3,8,13,16,19-20H2,1-2H3;2*1-2H3/b10-4-,25-15+,30-22-,34-21-;;. The van der Waals surface area contributed by atoms with Gasteiger partial charge in [0.1, 0.15) is 5.82 Å². The number of rotatable bonds is 8. The number of nitrogens with zero attached hydrogens (tertiary/aromatic N) is 2. The fourth-order valence-corrected chi connectivity index (χ4v) is 5.94. The number of aryl methyl sites for hydroxylation is 1. The van der Waals surface area contributed by atoms with Crippen LogP contribution in [0.2, 0.25) is 0 Å². The van der Waals surface area contributed by atoms with Crippen LogP contribution < -0.4 is 0 Å². The summed E-state index contributed by atoms with van der Waals surface area (Å²) in [6.07, 6.45) is 15.0. The van der Waals surface area contributed by atoms with Crippen LogP contribution in [0.5, 0.6) is 0 Å². The molecule has 0 amide bonds. The van der Waals surface area contributed by atoms with E-state index in [4.69, 9.17) is 4.99 Å². The molecule has 1 aromatic heterocycles. The van der Waals surface area contributed by atoms with E-state index in [1.54, 1.807) is 17.4 Å². The SMILES string of the molecule is C=C(/C(C)=C(/C=C\C)\N=C/C(=C\Cc1c(F)ccc2c3c(sc12)C=CCC3)c1ccccc1)N1CC1.CC.CC. The predicted octanol–water partition coefficient (Wildman–Crippen LogP) is 10.4. The number of thiophene rings is 1. The molecule has 0 spiro atoms. The Hall–Kier alpha value is -3.50. The van der Waals surface area contributed by atoms with Crippen LogP contribution in [0.1, 0.15) is 69.5 Å². The number of hydrogen-bond donors (Lipinski definition) is 0. The molecule has 2 aliphatic rings. The van der Waals surface area contributed by atoms with Crippen LogP contribution in [0.4, 0.5) is 4.39 Å². The zero-order chi connectivity index (χ0) is 29.1. The van der Waals surface area contributed by atoms with Gasteiger partial charge in [0.05, 0.1) is 5.70 Å². The van der Waals surface area contributed by atoms with Crippen molar-refractivity contribution in [2.75, 3.05) is 13.1 Å². The number of aliphatic imine (C=N–C) groups is 1. The molecule has 0 bridgehead atoms. The zero-order valence-corrected chi connectivity index (χ0v) is 25.7. The zero-order valence-electron chi connectivity index (χ0n) is 24.9. The molecule has 1 fully saturated rings. The van der Waals surface area contributed by atoms with E-state index in [9.17, 15) is 0 Å². The molecular formula is C36H43FN2S. The summed E-state index contributed by atoms with van der Waals surface area (Å²) in [5, 5.41) is 1.20. The summed E-state index contributed by atoms with van der Waals surface area (Å²) in [6, 6.07) is 13.8. The van der Waals surface area contributed by atoms with Crippen molar-refractivity contribution >= 4 is 39.3 Å². The third-order valence-corrected chi connectivity index (χ3v) is 8.09. The number of allylic oxidation sites excluding steroid dienone is 6. The first kappa shape index (κ1) is 31.0. The second kappa shape index (κ2) is 15.3. The highest BCUT2D eigenvalue weighted by molar-refractivity contribution is 7.20. The molecule has 0 atom stereocenters. The molecule has 2 aromatic carbocycles. The van der Waals surface area contributed by atoms with Gasteiger partial charge in [-0.2, -0.15) is 0 Å². The fourth-order valence-electron chi connectivity index (χ4n) is 4.62. The minimum atomic E-state index is -0.147. The van der Waals surface area contributed by atoms with E-state index in [-0.39, 0.29) is 5.82 Å². The molecule has 1 aliphatic carbocycles. The van der Waals surface area contributed by atoms with E-state index in [0.717, 1.165) is 64.3 Å². The Morgan fingerprint density at radius 3 is 2.48 bits per heavy atom. The van der Waals surface area contributed by atoms with Gasteiger partial charge >= 0.3 is 0 Å². The molecule has 1 saturated heterocycles. The minimum absolute atomic E-state index is 0.147. The van der Waals surface area contributed by atoms with Gasteiger partial charge in [0.25, 0.3) is 0 Å². The Morgan fingerprint density at radius 1 is 1.07 bits per heavy atom. The van der Waals surface area contributed by atoms with Gasteiger partial charge in [0.2, 0.25) is 0 Å². The van der Waals surface area contributed by atoms with Gasteiger partial charge in [-0.25, -0.2) is 4.39 Å².